The minimum Gasteiger partial charge on any atom is -0.370 e. The van der Waals surface area contributed by atoms with Crippen LogP contribution in [0.3, 0.4) is 0 Å². The Morgan fingerprint density at radius 1 is 0.857 bits per heavy atom. The maximum absolute atomic E-state index is 4.93. The molecule has 0 aromatic carbocycles. The van der Waals surface area contributed by atoms with Gasteiger partial charge in [0, 0.05) is 13.1 Å². The van der Waals surface area contributed by atoms with Crippen molar-refractivity contribution in [2.24, 2.45) is 32.9 Å². The molecule has 0 aliphatic heterocycles. The van der Waals surface area contributed by atoms with Gasteiger partial charge >= 0.3 is 0 Å². The van der Waals surface area contributed by atoms with Crippen LogP contribution in [0, 0.1) is 0 Å². The van der Waals surface area contributed by atoms with Crippen molar-refractivity contribution < 1.29 is 0 Å². The highest BCUT2D eigenvalue weighted by Crippen LogP contribution is 1.65. The first-order valence-electron chi connectivity index (χ1n) is 3.85. The van der Waals surface area contributed by atoms with Gasteiger partial charge in [-0.3, -0.25) is 9.98 Å². The van der Waals surface area contributed by atoms with E-state index in [2.05, 4.69) is 33.3 Å². The number of nitrogens with two attached hydrogens (primary N) is 4. The minimum absolute atomic E-state index is 0.164. The van der Waals surface area contributed by atoms with E-state index in [4.69, 9.17) is 22.9 Å². The largest absolute Gasteiger partial charge is 0.370 e. The second-order valence-electron chi connectivity index (χ2n) is 1.80. The van der Waals surface area contributed by atoms with E-state index in [9.17, 15) is 0 Å². The molecule has 0 unspecified atom stereocenters. The summed E-state index contributed by atoms with van der Waals surface area (Å²) >= 11 is 6.44. The average Bonchev–Trinajstić information content (AvgIpc) is 2.08. The number of hydrogen-bond donors (Lipinski definition) is 6. The lowest BCUT2D eigenvalue weighted by Crippen LogP contribution is -2.22. The third-order valence-corrected chi connectivity index (χ3v) is 0.681. The Balaban J connectivity index is -0.000000147. The van der Waals surface area contributed by atoms with Crippen molar-refractivity contribution in [1.82, 2.24) is 0 Å². The highest BCUT2D eigenvalue weighted by atomic mass is 33.1. The highest BCUT2D eigenvalue weighted by molar-refractivity contribution is 8.59. The molecule has 0 atom stereocenters. The smallest absolute Gasteiger partial charge is 0.185 e. The molecule has 0 saturated heterocycles. The molecular weight excluding hydrogens is 220 g/mol. The Hall–Kier alpha value is -0.760. The molecule has 0 amide bonds. The summed E-state index contributed by atoms with van der Waals surface area (Å²) < 4.78 is 0. The van der Waals surface area contributed by atoms with Crippen molar-refractivity contribution >= 4 is 35.2 Å². The first-order chi connectivity index (χ1) is 6.54. The molecule has 0 aromatic heterocycles. The van der Waals surface area contributed by atoms with Crippen molar-refractivity contribution in [2.45, 2.75) is 13.8 Å². The van der Waals surface area contributed by atoms with Gasteiger partial charge in [-0.15, -0.1) is 23.3 Å². The molecule has 8 N–H and O–H groups in total. The van der Waals surface area contributed by atoms with Crippen LogP contribution in [0.15, 0.2) is 9.98 Å². The summed E-state index contributed by atoms with van der Waals surface area (Å²) in [5.74, 6) is 0.329. The molecule has 0 bridgehead atoms. The topological polar surface area (TPSA) is 129 Å². The predicted molar refractivity (Wildman–Crippen MR) is 70.7 cm³/mol. The molecule has 0 aromatic rings. The molecule has 14 heavy (non-hydrogen) atoms. The SMILES string of the molecule is CCN=C(N)N.CCN=C(N)N.SS. The molecule has 8 heteroatoms. The van der Waals surface area contributed by atoms with Crippen LogP contribution >= 0.6 is 23.3 Å². The third-order valence-electron chi connectivity index (χ3n) is 0.681. The summed E-state index contributed by atoms with van der Waals surface area (Å²) in [5.41, 5.74) is 19.7. The predicted octanol–water partition coefficient (Wildman–Crippen LogP) is -0.680. The zero-order valence-corrected chi connectivity index (χ0v) is 10.3. The van der Waals surface area contributed by atoms with Gasteiger partial charge in [0.05, 0.1) is 0 Å². The number of hydrogen-bond acceptors (Lipinski definition) is 4. The van der Waals surface area contributed by atoms with Crippen molar-refractivity contribution in [3.63, 3.8) is 0 Å². The van der Waals surface area contributed by atoms with E-state index >= 15 is 0 Å². The maximum atomic E-state index is 4.93. The Morgan fingerprint density at radius 3 is 1.07 bits per heavy atom. The molecule has 0 rings (SSSR count). The summed E-state index contributed by atoms with van der Waals surface area (Å²) in [6.07, 6.45) is 0. The van der Waals surface area contributed by atoms with Gasteiger partial charge in [0.1, 0.15) is 0 Å². The van der Waals surface area contributed by atoms with Gasteiger partial charge in [-0.2, -0.15) is 0 Å². The molecule has 0 aliphatic rings. The van der Waals surface area contributed by atoms with Crippen LogP contribution in [0.2, 0.25) is 0 Å². The number of guanidine groups is 2. The van der Waals surface area contributed by atoms with Crippen LogP contribution in [0.25, 0.3) is 0 Å². The van der Waals surface area contributed by atoms with Crippen LogP contribution in [-0.2, 0) is 0 Å². The van der Waals surface area contributed by atoms with Crippen LogP contribution in [0.5, 0.6) is 0 Å². The van der Waals surface area contributed by atoms with Crippen LogP contribution in [0.4, 0.5) is 0 Å². The molecule has 0 fully saturated rings. The van der Waals surface area contributed by atoms with Gasteiger partial charge in [-0.1, -0.05) is 0 Å². The molecule has 0 saturated carbocycles. The van der Waals surface area contributed by atoms with Crippen LogP contribution < -0.4 is 22.9 Å². The Morgan fingerprint density at radius 2 is 1.07 bits per heavy atom. The van der Waals surface area contributed by atoms with Gasteiger partial charge in [0.15, 0.2) is 11.9 Å². The van der Waals surface area contributed by atoms with Gasteiger partial charge in [0.25, 0.3) is 0 Å². The van der Waals surface area contributed by atoms with Gasteiger partial charge in [0.2, 0.25) is 0 Å². The van der Waals surface area contributed by atoms with Crippen LogP contribution in [-0.4, -0.2) is 25.0 Å². The van der Waals surface area contributed by atoms with Crippen molar-refractivity contribution in [3.8, 4) is 0 Å². The van der Waals surface area contributed by atoms with Gasteiger partial charge in [-0.25, -0.2) is 0 Å². The fraction of sp³-hybridized carbons (Fsp3) is 0.667. The van der Waals surface area contributed by atoms with E-state index < -0.39 is 0 Å². The molecule has 0 radical (unpaired) electrons. The molecule has 6 nitrogen and oxygen atoms in total. The maximum Gasteiger partial charge on any atom is 0.185 e. The molecule has 86 valence electrons. The normalized spacial score (nSPS) is 6.86. The van der Waals surface area contributed by atoms with E-state index in [1.165, 1.54) is 0 Å². The van der Waals surface area contributed by atoms with E-state index in [-0.39, 0.29) is 11.9 Å². The monoisotopic (exact) mass is 240 g/mol. The summed E-state index contributed by atoms with van der Waals surface area (Å²) in [6, 6.07) is 0. The van der Waals surface area contributed by atoms with E-state index in [0.717, 1.165) is 0 Å². The van der Waals surface area contributed by atoms with Crippen molar-refractivity contribution in [3.05, 3.63) is 0 Å². The van der Waals surface area contributed by atoms with E-state index in [1.54, 1.807) is 0 Å². The zero-order valence-electron chi connectivity index (χ0n) is 8.51. The van der Waals surface area contributed by atoms with Gasteiger partial charge < -0.3 is 22.9 Å². The van der Waals surface area contributed by atoms with Crippen molar-refractivity contribution in [1.29, 1.82) is 0 Å². The fourth-order valence-electron chi connectivity index (χ4n) is 0.365. The fourth-order valence-corrected chi connectivity index (χ4v) is 0.365. The number of thiol groups is 2. The van der Waals surface area contributed by atoms with Crippen LogP contribution in [0.1, 0.15) is 13.8 Å². The second kappa shape index (κ2) is 18.1. The molecular formula is C6H20N6S2. The summed E-state index contributed by atoms with van der Waals surface area (Å²) in [7, 11) is 0. The second-order valence-corrected chi connectivity index (χ2v) is 1.80. The summed E-state index contributed by atoms with van der Waals surface area (Å²) in [6.45, 7) is 5.09. The van der Waals surface area contributed by atoms with E-state index in [0.29, 0.717) is 13.1 Å². The molecule has 0 spiro atoms. The lowest BCUT2D eigenvalue weighted by Gasteiger charge is -1.82. The van der Waals surface area contributed by atoms with Crippen molar-refractivity contribution in [2.75, 3.05) is 13.1 Å². The summed E-state index contributed by atoms with van der Waals surface area (Å²) in [4.78, 5) is 7.19. The van der Waals surface area contributed by atoms with E-state index in [1.807, 2.05) is 13.8 Å². The quantitative estimate of drug-likeness (QED) is 0.165. The molecule has 0 heterocycles. The molecule has 0 aliphatic carbocycles. The first-order valence-corrected chi connectivity index (χ1v) is 5.45. The number of nitrogens with zero attached hydrogens (tertiary/aromatic N) is 2. The highest BCUT2D eigenvalue weighted by Gasteiger charge is 1.68. The zero-order chi connectivity index (χ0) is 12.0. The summed E-state index contributed by atoms with van der Waals surface area (Å²) in [5, 5.41) is 0. The Kier molecular flexibility index (Phi) is 24.5. The third kappa shape index (κ3) is 42.9. The minimum atomic E-state index is 0.164. The number of aliphatic imine (C=N–C) groups is 2. The number of rotatable bonds is 2. The lowest BCUT2D eigenvalue weighted by molar-refractivity contribution is 1.11. The first kappa shape index (κ1) is 18.9. The van der Waals surface area contributed by atoms with Gasteiger partial charge in [-0.05, 0) is 13.8 Å². The standard InChI is InChI=1S/2C3H9N3.H2S2/c2*1-2-6-3(4)5;1-2/h2*2H2,1H3,(H4,4,5,6);1-2H. The average molecular weight is 240 g/mol. The Labute approximate surface area is 95.4 Å². The lowest BCUT2D eigenvalue weighted by atomic mass is 10.8. The Bertz CT molecular complexity index is 132.